The molecule has 0 bridgehead atoms. The van der Waals surface area contributed by atoms with Crippen LogP contribution >= 0.6 is 0 Å². The van der Waals surface area contributed by atoms with Crippen molar-refractivity contribution < 1.29 is 0 Å². The Balaban J connectivity index is 2.26. The van der Waals surface area contributed by atoms with E-state index in [1.807, 2.05) is 0 Å². The predicted octanol–water partition coefficient (Wildman–Crippen LogP) is 33.4. The van der Waals surface area contributed by atoms with Crippen LogP contribution < -0.4 is 0 Å². The van der Waals surface area contributed by atoms with Crippen LogP contribution in [0.25, 0.3) is 0 Å². The van der Waals surface area contributed by atoms with Crippen molar-refractivity contribution in [1.29, 1.82) is 0 Å². The van der Waals surface area contributed by atoms with Crippen molar-refractivity contribution in [2.24, 2.45) is 0 Å². The molecule has 2 aromatic rings. The number of hydrogen-bond donors (Lipinski definition) is 0. The Morgan fingerprint density at radius 1 is 0.163 bits per heavy atom. The highest BCUT2D eigenvalue weighted by Gasteiger charge is 2.19. The van der Waals surface area contributed by atoms with Crippen LogP contribution in [0.4, 0.5) is 0 Å². The van der Waals surface area contributed by atoms with Gasteiger partial charge in [0.15, 0.2) is 0 Å². The van der Waals surface area contributed by atoms with Crippen molar-refractivity contribution in [2.75, 3.05) is 0 Å². The molecule has 0 saturated carbocycles. The third kappa shape index (κ3) is 54.4. The molecule has 0 heterocycles. The minimum Gasteiger partial charge on any atom is -0.0654 e. The molecule has 2 rings (SSSR count). The van der Waals surface area contributed by atoms with Gasteiger partial charge in [0.05, 0.1) is 0 Å². The van der Waals surface area contributed by atoms with Gasteiger partial charge in [-0.1, -0.05) is 488 Å². The Hall–Kier alpha value is -1.56. The smallest absolute Gasteiger partial charge is 0.00895 e. The topological polar surface area (TPSA) is 0 Å². The fourth-order valence-corrected chi connectivity index (χ4v) is 15.6. The molecular formula is C92H170. The molecule has 2 aromatic carbocycles. The van der Waals surface area contributed by atoms with Gasteiger partial charge in [-0.15, -0.1) is 0 Å². The zero-order valence-electron chi connectivity index (χ0n) is 64.4. The first-order valence-corrected chi connectivity index (χ1v) is 43.9. The van der Waals surface area contributed by atoms with Gasteiger partial charge in [-0.2, -0.15) is 0 Å². The molecule has 0 atom stereocenters. The molecule has 0 unspecified atom stereocenters. The van der Waals surface area contributed by atoms with E-state index in [2.05, 4.69) is 71.0 Å². The number of benzene rings is 2. The molecule has 0 saturated heterocycles. The van der Waals surface area contributed by atoms with E-state index in [1.165, 1.54) is 475 Å². The fourth-order valence-electron chi connectivity index (χ4n) is 15.6. The Kier molecular flexibility index (Phi) is 66.5. The molecule has 0 nitrogen and oxygen atoms in total. The molecular weight excluding hydrogens is 1110 g/mol. The van der Waals surface area contributed by atoms with E-state index in [-0.39, 0.29) is 0 Å². The summed E-state index contributed by atoms with van der Waals surface area (Å²) in [4.78, 5) is 0. The molecule has 0 aromatic heterocycles. The summed E-state index contributed by atoms with van der Waals surface area (Å²) in [5.74, 6) is 0.512. The van der Waals surface area contributed by atoms with E-state index in [0.717, 1.165) is 0 Å². The molecule has 0 aliphatic carbocycles. The van der Waals surface area contributed by atoms with Crippen LogP contribution in [0.2, 0.25) is 0 Å². The maximum atomic E-state index is 2.81. The summed E-state index contributed by atoms with van der Waals surface area (Å²) in [5.41, 5.74) is 10.1. The Morgan fingerprint density at radius 3 is 0.500 bits per heavy atom. The second kappa shape index (κ2) is 70.7. The molecule has 0 spiro atoms. The first kappa shape index (κ1) is 86.5. The summed E-state index contributed by atoms with van der Waals surface area (Å²) < 4.78 is 0. The minimum absolute atomic E-state index is 0.512. The summed E-state index contributed by atoms with van der Waals surface area (Å²) in [6.45, 7) is 11.7. The van der Waals surface area contributed by atoms with Crippen LogP contribution in [-0.4, -0.2) is 0 Å². The van der Waals surface area contributed by atoms with E-state index in [1.54, 1.807) is 33.4 Å². The van der Waals surface area contributed by atoms with Crippen molar-refractivity contribution in [3.05, 3.63) is 69.8 Å². The molecule has 0 N–H and O–H groups in total. The second-order valence-corrected chi connectivity index (χ2v) is 31.0. The predicted molar refractivity (Wildman–Crippen MR) is 421 cm³/mol. The summed E-state index contributed by atoms with van der Waals surface area (Å²) >= 11 is 0. The van der Waals surface area contributed by atoms with Crippen LogP contribution in [0.1, 0.15) is 523 Å². The van der Waals surface area contributed by atoms with Crippen molar-refractivity contribution in [3.8, 4) is 0 Å². The average Bonchev–Trinajstić information content (AvgIpc) is 2.03. The lowest BCUT2D eigenvalue weighted by molar-refractivity contribution is 0.529. The van der Waals surface area contributed by atoms with E-state index in [0.29, 0.717) is 5.92 Å². The highest BCUT2D eigenvalue weighted by Crippen LogP contribution is 2.35. The number of aryl methyl sites for hydroxylation is 4. The van der Waals surface area contributed by atoms with Gasteiger partial charge in [-0.3, -0.25) is 0 Å². The summed E-state index contributed by atoms with van der Waals surface area (Å²) in [6, 6.07) is 16.3. The van der Waals surface area contributed by atoms with Crippen LogP contribution in [0.15, 0.2) is 36.4 Å². The highest BCUT2D eigenvalue weighted by molar-refractivity contribution is 5.42. The van der Waals surface area contributed by atoms with Gasteiger partial charge < -0.3 is 0 Å². The molecule has 538 valence electrons. The van der Waals surface area contributed by atoms with E-state index < -0.39 is 0 Å². The minimum atomic E-state index is 0.512. The Bertz CT molecular complexity index is 1620. The van der Waals surface area contributed by atoms with E-state index in [9.17, 15) is 0 Å². The van der Waals surface area contributed by atoms with Crippen LogP contribution in [0, 0.1) is 0 Å². The summed E-state index contributed by atoms with van der Waals surface area (Å²) in [5, 5.41) is 0. The lowest BCUT2D eigenvalue weighted by Gasteiger charge is -2.23. The van der Waals surface area contributed by atoms with E-state index >= 15 is 0 Å². The Morgan fingerprint density at radius 2 is 0.315 bits per heavy atom. The van der Waals surface area contributed by atoms with Gasteiger partial charge in [0.25, 0.3) is 0 Å². The first-order chi connectivity index (χ1) is 45.7. The van der Waals surface area contributed by atoms with Gasteiger partial charge in [-0.25, -0.2) is 0 Å². The summed E-state index contributed by atoms with van der Waals surface area (Å²) in [6.07, 6.45) is 106. The van der Waals surface area contributed by atoms with Gasteiger partial charge >= 0.3 is 0 Å². The van der Waals surface area contributed by atoms with Crippen molar-refractivity contribution in [3.63, 3.8) is 0 Å². The van der Waals surface area contributed by atoms with Crippen LogP contribution in [-0.2, 0) is 25.7 Å². The number of rotatable bonds is 76. The van der Waals surface area contributed by atoms with Crippen LogP contribution in [0.3, 0.4) is 0 Å². The first-order valence-electron chi connectivity index (χ1n) is 43.9. The maximum Gasteiger partial charge on any atom is 0.00895 e. The lowest BCUT2D eigenvalue weighted by Crippen LogP contribution is -2.07. The van der Waals surface area contributed by atoms with Gasteiger partial charge in [-0.05, 0) is 91.2 Å². The average molecular weight is 1280 g/mol. The third-order valence-corrected chi connectivity index (χ3v) is 22.1. The third-order valence-electron chi connectivity index (χ3n) is 22.1. The molecule has 0 aliphatic rings. The quantitative estimate of drug-likeness (QED) is 0.0579. The normalized spacial score (nSPS) is 11.8. The molecule has 0 heteroatoms. The van der Waals surface area contributed by atoms with Crippen molar-refractivity contribution in [2.45, 2.75) is 516 Å². The highest BCUT2D eigenvalue weighted by atomic mass is 14.2. The van der Waals surface area contributed by atoms with Crippen molar-refractivity contribution >= 4 is 0 Å². The Labute approximate surface area is 582 Å². The lowest BCUT2D eigenvalue weighted by atomic mass is 9.82. The van der Waals surface area contributed by atoms with Crippen molar-refractivity contribution in [1.82, 2.24) is 0 Å². The summed E-state index contributed by atoms with van der Waals surface area (Å²) in [7, 11) is 0. The SMILES string of the molecule is CCCCCCCCCCCCCCCCc1ccc(C(CCCCCCCCCCCCCCC)c2ccc(CCCCCCCCCCCCCCCC)c(CCCCCCCCCCCCCCCC)c2)cc1CCCCCCCCCCCCCCCC. The van der Waals surface area contributed by atoms with Gasteiger partial charge in [0, 0.05) is 5.92 Å². The zero-order chi connectivity index (χ0) is 65.6. The largest absolute Gasteiger partial charge is 0.0654 e. The number of unbranched alkanes of at least 4 members (excludes halogenated alkanes) is 64. The van der Waals surface area contributed by atoms with Crippen LogP contribution in [0.5, 0.6) is 0 Å². The monoisotopic (exact) mass is 1280 g/mol. The van der Waals surface area contributed by atoms with Gasteiger partial charge in [0.2, 0.25) is 0 Å². The second-order valence-electron chi connectivity index (χ2n) is 31.0. The molecule has 0 aliphatic heterocycles. The fraction of sp³-hybridized carbons (Fsp3) is 0.870. The molecule has 0 fully saturated rings. The van der Waals surface area contributed by atoms with E-state index in [4.69, 9.17) is 0 Å². The molecule has 0 amide bonds. The molecule has 92 heavy (non-hydrogen) atoms. The van der Waals surface area contributed by atoms with Gasteiger partial charge in [0.1, 0.15) is 0 Å². The standard InChI is InChI=1S/C92H170/c1-6-11-16-21-26-31-36-41-46-50-55-60-65-70-75-86-80-82-90(84-88(86)77-72-67-62-57-52-48-43-38-33-28-23-18-13-8-3)92(79-74-69-64-59-54-45-40-35-30-25-20-15-10-5)91-83-81-87(76-71-66-61-56-51-47-42-37-32-27-22-17-12-7-2)89(85-91)78-73-68-63-58-53-49-44-39-34-29-24-19-14-9-4/h80-85,92H,6-79H2,1-5H3. The molecule has 0 radical (unpaired) electrons. The maximum absolute atomic E-state index is 2.81. The number of hydrogen-bond acceptors (Lipinski definition) is 0. The zero-order valence-corrected chi connectivity index (χ0v) is 64.4.